The Morgan fingerprint density at radius 1 is 1.38 bits per heavy atom. The summed E-state index contributed by atoms with van der Waals surface area (Å²) in [6.07, 6.45) is 0. The van der Waals surface area contributed by atoms with Gasteiger partial charge in [-0.1, -0.05) is 6.07 Å². The molecule has 1 aromatic carbocycles. The number of para-hydroxylation sites is 1. The van der Waals surface area contributed by atoms with Gasteiger partial charge in [-0.05, 0) is 12.1 Å². The van der Waals surface area contributed by atoms with Crippen molar-refractivity contribution in [2.75, 3.05) is 5.73 Å². The van der Waals surface area contributed by atoms with Gasteiger partial charge in [0.1, 0.15) is 11.2 Å². The van der Waals surface area contributed by atoms with Gasteiger partial charge < -0.3 is 20.4 Å². The van der Waals surface area contributed by atoms with Crippen LogP contribution in [0, 0.1) is 0 Å². The molecule has 1 aromatic rings. The van der Waals surface area contributed by atoms with Crippen molar-refractivity contribution in [3.63, 3.8) is 0 Å². The largest absolute Gasteiger partial charge is 0.478 e. The number of aromatic carboxylic acids is 1. The van der Waals surface area contributed by atoms with E-state index in [0.29, 0.717) is 0 Å². The predicted octanol–water partition coefficient (Wildman–Crippen LogP) is 1.07. The first-order chi connectivity index (χ1) is 10.0. The van der Waals surface area contributed by atoms with Crippen LogP contribution in [0.15, 0.2) is 33.5 Å². The third-order valence-electron chi connectivity index (χ3n) is 3.20. The number of nitrogens with zero attached hydrogens (tertiary/aromatic N) is 1. The Morgan fingerprint density at radius 2 is 2.14 bits per heavy atom. The molecule has 0 saturated carbocycles. The molecule has 1 heterocycles. The van der Waals surface area contributed by atoms with E-state index in [-0.39, 0.29) is 39.4 Å². The van der Waals surface area contributed by atoms with Crippen molar-refractivity contribution in [3.8, 4) is 11.5 Å². The van der Waals surface area contributed by atoms with E-state index in [0.717, 1.165) is 0 Å². The van der Waals surface area contributed by atoms with Crippen molar-refractivity contribution in [2.45, 2.75) is 6.61 Å². The fourth-order valence-electron chi connectivity index (χ4n) is 2.17. The van der Waals surface area contributed by atoms with Crippen molar-refractivity contribution in [2.24, 2.45) is 0 Å². The fraction of sp³-hybridized carbons (Fsp3) is 0.0714. The molecule has 1 aliphatic heterocycles. The van der Waals surface area contributed by atoms with E-state index in [4.69, 9.17) is 10.2 Å². The Hall–Kier alpha value is -2.93. The second-order valence-corrected chi connectivity index (χ2v) is 4.44. The molecule has 2 aliphatic rings. The van der Waals surface area contributed by atoms with Gasteiger partial charge in [-0.2, -0.15) is 0 Å². The van der Waals surface area contributed by atoms with Gasteiger partial charge >= 0.3 is 5.97 Å². The van der Waals surface area contributed by atoms with Crippen LogP contribution in [0.5, 0.6) is 0 Å². The highest BCUT2D eigenvalue weighted by atomic mass is 16.4. The molecule has 0 radical (unpaired) electrons. The van der Waals surface area contributed by atoms with Gasteiger partial charge in [0, 0.05) is 11.6 Å². The van der Waals surface area contributed by atoms with Crippen LogP contribution in [0.25, 0.3) is 22.6 Å². The molecule has 0 unspecified atom stereocenters. The second-order valence-electron chi connectivity index (χ2n) is 4.44. The van der Waals surface area contributed by atoms with Crippen LogP contribution >= 0.6 is 0 Å². The number of hydrogen-bond acceptors (Lipinski definition) is 6. The highest BCUT2D eigenvalue weighted by molar-refractivity contribution is 6.00. The van der Waals surface area contributed by atoms with E-state index in [1.165, 1.54) is 18.2 Å². The molecular weight excluding hydrogens is 276 g/mol. The summed E-state index contributed by atoms with van der Waals surface area (Å²) in [5, 5.41) is 18.5. The minimum Gasteiger partial charge on any atom is -0.478 e. The molecule has 0 saturated heterocycles. The first-order valence-corrected chi connectivity index (χ1v) is 6.02. The van der Waals surface area contributed by atoms with Gasteiger partial charge in [-0.15, -0.1) is 0 Å². The molecule has 4 N–H and O–H groups in total. The van der Waals surface area contributed by atoms with Gasteiger partial charge in [0.05, 0.1) is 17.9 Å². The number of carbonyl (C=O) groups is 1. The zero-order chi connectivity index (χ0) is 15.1. The maximum atomic E-state index is 11.7. The van der Waals surface area contributed by atoms with E-state index in [1.54, 1.807) is 6.07 Å². The lowest BCUT2D eigenvalue weighted by molar-refractivity contribution is 0.0698. The first kappa shape index (κ1) is 13.1. The number of nitrogen functional groups attached to an aromatic ring is 1. The summed E-state index contributed by atoms with van der Waals surface area (Å²) in [5.74, 6) is -1.00. The van der Waals surface area contributed by atoms with Crippen LogP contribution in [-0.4, -0.2) is 21.2 Å². The topological polar surface area (TPSA) is 127 Å². The summed E-state index contributed by atoms with van der Waals surface area (Å²) in [7, 11) is 0. The smallest absolute Gasteiger partial charge is 0.338 e. The first-order valence-electron chi connectivity index (χ1n) is 6.02. The van der Waals surface area contributed by atoms with Gasteiger partial charge in [0.25, 0.3) is 0 Å². The van der Waals surface area contributed by atoms with E-state index < -0.39 is 18.0 Å². The number of aliphatic hydroxyl groups excluding tert-OH is 1. The van der Waals surface area contributed by atoms with Crippen molar-refractivity contribution in [1.82, 2.24) is 4.98 Å². The number of fused-ring (bicyclic) bond motifs is 2. The molecule has 3 rings (SSSR count). The number of nitrogens with two attached hydrogens (primary N) is 1. The minimum atomic E-state index is -1.15. The number of anilines is 1. The van der Waals surface area contributed by atoms with E-state index in [9.17, 15) is 19.8 Å². The van der Waals surface area contributed by atoms with Gasteiger partial charge in [0.2, 0.25) is 5.43 Å². The number of aromatic nitrogens is 1. The van der Waals surface area contributed by atoms with Crippen LogP contribution in [0.1, 0.15) is 15.9 Å². The lowest BCUT2D eigenvalue weighted by Crippen LogP contribution is -2.14. The second kappa shape index (κ2) is 4.57. The standard InChI is InChI=1S/C14H10N2O5/c15-11-7(5-17)13-10(4-8(11)18)21-9-3-1-2-6(14(19)20)12(9)16-13/h1-4,17H,5,15H2,(H,19,20). The summed E-state index contributed by atoms with van der Waals surface area (Å²) in [6, 6.07) is 5.63. The number of carboxylic acids is 1. The Labute approximate surface area is 117 Å². The monoisotopic (exact) mass is 286 g/mol. The zero-order valence-corrected chi connectivity index (χ0v) is 10.7. The molecule has 7 heteroatoms. The highest BCUT2D eigenvalue weighted by Crippen LogP contribution is 2.30. The van der Waals surface area contributed by atoms with Crippen LogP contribution in [0.2, 0.25) is 0 Å². The summed E-state index contributed by atoms with van der Waals surface area (Å²) < 4.78 is 5.52. The lowest BCUT2D eigenvalue weighted by Gasteiger charge is -2.12. The van der Waals surface area contributed by atoms with E-state index in [2.05, 4.69) is 4.98 Å². The number of carboxylic acid groups (broad SMARTS) is 1. The molecule has 0 atom stereocenters. The number of aliphatic hydroxyl groups is 1. The minimum absolute atomic E-state index is 0.0354. The van der Waals surface area contributed by atoms with Crippen molar-refractivity contribution in [3.05, 3.63) is 45.6 Å². The zero-order valence-electron chi connectivity index (χ0n) is 10.7. The molecule has 0 spiro atoms. The molecule has 106 valence electrons. The maximum absolute atomic E-state index is 11.7. The molecule has 0 aromatic heterocycles. The number of rotatable bonds is 2. The quantitative estimate of drug-likeness (QED) is 0.475. The number of hydrogen-bond donors (Lipinski definition) is 3. The SMILES string of the molecule is Nc1c(CO)c2nc3c(C(=O)O)cccc3oc-2cc1=O. The van der Waals surface area contributed by atoms with Gasteiger partial charge in [-0.3, -0.25) is 4.79 Å². The normalized spacial score (nSPS) is 11.1. The Bertz CT molecular complexity index is 900. The molecule has 7 nitrogen and oxygen atoms in total. The van der Waals surface area contributed by atoms with Crippen LogP contribution in [-0.2, 0) is 6.61 Å². The summed E-state index contributed by atoms with van der Waals surface area (Å²) in [6.45, 7) is -0.498. The average molecular weight is 286 g/mol. The molecule has 21 heavy (non-hydrogen) atoms. The van der Waals surface area contributed by atoms with Gasteiger partial charge in [0.15, 0.2) is 11.3 Å². The van der Waals surface area contributed by atoms with E-state index in [1.807, 2.05) is 0 Å². The Kier molecular flexibility index (Phi) is 2.84. The van der Waals surface area contributed by atoms with Crippen LogP contribution in [0.4, 0.5) is 5.69 Å². The Balaban J connectivity index is 2.51. The molecule has 0 fully saturated rings. The number of benzene rings is 2. The van der Waals surface area contributed by atoms with Crippen molar-refractivity contribution >= 4 is 22.8 Å². The highest BCUT2D eigenvalue weighted by Gasteiger charge is 2.20. The molecular formula is C14H10N2O5. The van der Waals surface area contributed by atoms with Crippen LogP contribution in [0.3, 0.4) is 0 Å². The summed E-state index contributed by atoms with van der Waals surface area (Å²) >= 11 is 0. The summed E-state index contributed by atoms with van der Waals surface area (Å²) in [5.41, 5.74) is 5.66. The van der Waals surface area contributed by atoms with Gasteiger partial charge in [-0.25, -0.2) is 9.78 Å². The van der Waals surface area contributed by atoms with Crippen molar-refractivity contribution in [1.29, 1.82) is 0 Å². The Morgan fingerprint density at radius 3 is 2.81 bits per heavy atom. The predicted molar refractivity (Wildman–Crippen MR) is 74.2 cm³/mol. The van der Waals surface area contributed by atoms with E-state index >= 15 is 0 Å². The maximum Gasteiger partial charge on any atom is 0.338 e. The summed E-state index contributed by atoms with van der Waals surface area (Å²) in [4.78, 5) is 27.1. The third-order valence-corrected chi connectivity index (χ3v) is 3.20. The molecule has 0 amide bonds. The van der Waals surface area contributed by atoms with Crippen molar-refractivity contribution < 1.29 is 19.4 Å². The molecule has 1 aliphatic carbocycles. The third kappa shape index (κ3) is 1.91. The fourth-order valence-corrected chi connectivity index (χ4v) is 2.17. The van der Waals surface area contributed by atoms with Crippen LogP contribution < -0.4 is 11.2 Å². The molecule has 0 bridgehead atoms. The average Bonchev–Trinajstić information content (AvgIpc) is 2.46. The lowest BCUT2D eigenvalue weighted by atomic mass is 10.1.